The van der Waals surface area contributed by atoms with Gasteiger partial charge in [-0.15, -0.1) is 0 Å². The predicted molar refractivity (Wildman–Crippen MR) is 80.7 cm³/mol. The third-order valence-electron chi connectivity index (χ3n) is 2.82. The first-order valence-electron chi connectivity index (χ1n) is 6.83. The molecule has 0 radical (unpaired) electrons. The summed E-state index contributed by atoms with van der Waals surface area (Å²) in [5.41, 5.74) is 0.939. The van der Waals surface area contributed by atoms with Gasteiger partial charge in [-0.3, -0.25) is 4.79 Å². The summed E-state index contributed by atoms with van der Waals surface area (Å²) in [5.74, 6) is 1.25. The number of carbonyl (C=O) groups excluding carboxylic acids is 1. The maximum atomic E-state index is 11.8. The van der Waals surface area contributed by atoms with Gasteiger partial charge in [0.05, 0.1) is 13.7 Å². The van der Waals surface area contributed by atoms with E-state index >= 15 is 0 Å². The van der Waals surface area contributed by atoms with Crippen molar-refractivity contribution in [2.75, 3.05) is 34.5 Å². The van der Waals surface area contributed by atoms with Gasteiger partial charge in [-0.2, -0.15) is 0 Å². The summed E-state index contributed by atoms with van der Waals surface area (Å²) in [4.78, 5) is 11.8. The molecule has 0 saturated carbocycles. The lowest BCUT2D eigenvalue weighted by Crippen LogP contribution is -2.38. The number of hydrogen-bond donors (Lipinski definition) is 2. The highest BCUT2D eigenvalue weighted by molar-refractivity contribution is 5.77. The molecular weight excluding hydrogens is 272 g/mol. The van der Waals surface area contributed by atoms with Gasteiger partial charge in [0.1, 0.15) is 11.5 Å². The maximum Gasteiger partial charge on any atom is 0.258 e. The van der Waals surface area contributed by atoms with E-state index in [1.807, 2.05) is 20.0 Å². The van der Waals surface area contributed by atoms with E-state index in [0.29, 0.717) is 18.9 Å². The molecule has 21 heavy (non-hydrogen) atoms. The highest BCUT2D eigenvalue weighted by Gasteiger charge is 2.10. The lowest BCUT2D eigenvalue weighted by Gasteiger charge is -2.15. The highest BCUT2D eigenvalue weighted by Crippen LogP contribution is 2.24. The largest absolute Gasteiger partial charge is 0.497 e. The van der Waals surface area contributed by atoms with E-state index in [-0.39, 0.29) is 18.6 Å². The zero-order valence-corrected chi connectivity index (χ0v) is 13.1. The summed E-state index contributed by atoms with van der Waals surface area (Å²) in [6.45, 7) is 2.95. The van der Waals surface area contributed by atoms with E-state index in [4.69, 9.17) is 14.2 Å². The van der Waals surface area contributed by atoms with Crippen LogP contribution >= 0.6 is 0 Å². The molecule has 0 fully saturated rings. The Morgan fingerprint density at radius 1 is 1.33 bits per heavy atom. The van der Waals surface area contributed by atoms with Crippen LogP contribution < -0.4 is 20.1 Å². The average Bonchev–Trinajstić information content (AvgIpc) is 2.46. The summed E-state index contributed by atoms with van der Waals surface area (Å²) < 4.78 is 15.7. The van der Waals surface area contributed by atoms with E-state index < -0.39 is 0 Å². The van der Waals surface area contributed by atoms with Gasteiger partial charge in [-0.25, -0.2) is 0 Å². The first-order valence-corrected chi connectivity index (χ1v) is 6.83. The van der Waals surface area contributed by atoms with Crippen LogP contribution in [0.2, 0.25) is 0 Å². The highest BCUT2D eigenvalue weighted by atomic mass is 16.5. The monoisotopic (exact) mass is 296 g/mol. The molecule has 6 nitrogen and oxygen atoms in total. The molecule has 2 N–H and O–H groups in total. The van der Waals surface area contributed by atoms with Crippen LogP contribution in [-0.2, 0) is 16.1 Å². The zero-order valence-electron chi connectivity index (χ0n) is 13.1. The fraction of sp³-hybridized carbons (Fsp3) is 0.533. The van der Waals surface area contributed by atoms with Gasteiger partial charge in [-0.1, -0.05) is 0 Å². The second kappa shape index (κ2) is 9.20. The first-order chi connectivity index (χ1) is 10.1. The number of benzene rings is 1. The lowest BCUT2D eigenvalue weighted by molar-refractivity contribution is -0.124. The maximum absolute atomic E-state index is 11.8. The van der Waals surface area contributed by atoms with Crippen LogP contribution in [0.15, 0.2) is 18.2 Å². The molecule has 1 aromatic carbocycles. The molecule has 1 amide bonds. The van der Waals surface area contributed by atoms with E-state index in [9.17, 15) is 4.79 Å². The van der Waals surface area contributed by atoms with Crippen LogP contribution in [-0.4, -0.2) is 46.4 Å². The molecular formula is C15H24N2O4. The minimum Gasteiger partial charge on any atom is -0.497 e. The molecule has 118 valence electrons. The first kappa shape index (κ1) is 17.3. The van der Waals surface area contributed by atoms with Crippen molar-refractivity contribution in [3.8, 4) is 11.5 Å². The normalized spacial score (nSPS) is 11.8. The van der Waals surface area contributed by atoms with E-state index in [1.54, 1.807) is 26.4 Å². The van der Waals surface area contributed by atoms with Gasteiger partial charge in [0.2, 0.25) is 0 Å². The topological polar surface area (TPSA) is 68.8 Å². The van der Waals surface area contributed by atoms with Crippen molar-refractivity contribution in [3.63, 3.8) is 0 Å². The van der Waals surface area contributed by atoms with Crippen molar-refractivity contribution in [1.82, 2.24) is 10.6 Å². The Kier molecular flexibility index (Phi) is 7.56. The number of carbonyl (C=O) groups is 1. The SMILES string of the molecule is CNCc1cc(OC)ccc1OCC(=O)NC(C)COC. The number of amides is 1. The second-order valence-electron chi connectivity index (χ2n) is 4.72. The smallest absolute Gasteiger partial charge is 0.258 e. The standard InChI is InChI=1S/C15H24N2O4/c1-11(9-19-3)17-15(18)10-21-14-6-5-13(20-4)7-12(14)8-16-2/h5-7,11,16H,8-10H2,1-4H3,(H,17,18). The van der Waals surface area contributed by atoms with Gasteiger partial charge < -0.3 is 24.8 Å². The third kappa shape index (κ3) is 6.01. The fourth-order valence-electron chi connectivity index (χ4n) is 1.90. The molecule has 0 saturated heterocycles. The molecule has 0 aliphatic carbocycles. The van der Waals surface area contributed by atoms with E-state index in [0.717, 1.165) is 11.3 Å². The van der Waals surface area contributed by atoms with Crippen LogP contribution in [0.3, 0.4) is 0 Å². The molecule has 6 heteroatoms. The predicted octanol–water partition coefficient (Wildman–Crippen LogP) is 0.944. The van der Waals surface area contributed by atoms with Crippen molar-refractivity contribution < 1.29 is 19.0 Å². The Hall–Kier alpha value is -1.79. The Morgan fingerprint density at radius 2 is 2.10 bits per heavy atom. The number of rotatable bonds is 9. The summed E-state index contributed by atoms with van der Waals surface area (Å²) in [5, 5.41) is 5.86. The molecule has 0 bridgehead atoms. The van der Waals surface area contributed by atoms with Crippen molar-refractivity contribution >= 4 is 5.91 Å². The molecule has 0 spiro atoms. The van der Waals surface area contributed by atoms with Crippen molar-refractivity contribution in [1.29, 1.82) is 0 Å². The van der Waals surface area contributed by atoms with Gasteiger partial charge in [-0.05, 0) is 32.2 Å². The molecule has 1 aromatic rings. The Bertz CT molecular complexity index is 451. The van der Waals surface area contributed by atoms with Gasteiger partial charge in [0.25, 0.3) is 5.91 Å². The van der Waals surface area contributed by atoms with Crippen LogP contribution in [0.25, 0.3) is 0 Å². The minimum absolute atomic E-state index is 0.0307. The summed E-state index contributed by atoms with van der Waals surface area (Å²) in [7, 11) is 5.06. The van der Waals surface area contributed by atoms with Gasteiger partial charge >= 0.3 is 0 Å². The summed E-state index contributed by atoms with van der Waals surface area (Å²) in [6.07, 6.45) is 0. The molecule has 0 aliphatic heterocycles. The van der Waals surface area contributed by atoms with Gasteiger partial charge in [0.15, 0.2) is 6.61 Å². The van der Waals surface area contributed by atoms with Crippen LogP contribution in [0.4, 0.5) is 0 Å². The van der Waals surface area contributed by atoms with Gasteiger partial charge in [0, 0.05) is 25.3 Å². The van der Waals surface area contributed by atoms with E-state index in [2.05, 4.69) is 10.6 Å². The molecule has 1 unspecified atom stereocenters. The van der Waals surface area contributed by atoms with Crippen LogP contribution in [0.1, 0.15) is 12.5 Å². The number of ether oxygens (including phenoxy) is 3. The average molecular weight is 296 g/mol. The van der Waals surface area contributed by atoms with Crippen molar-refractivity contribution in [2.24, 2.45) is 0 Å². The van der Waals surface area contributed by atoms with Crippen LogP contribution in [0, 0.1) is 0 Å². The molecule has 0 aliphatic rings. The van der Waals surface area contributed by atoms with Crippen molar-refractivity contribution in [3.05, 3.63) is 23.8 Å². The molecule has 0 heterocycles. The van der Waals surface area contributed by atoms with Crippen molar-refractivity contribution in [2.45, 2.75) is 19.5 Å². The second-order valence-corrected chi connectivity index (χ2v) is 4.72. The Morgan fingerprint density at radius 3 is 2.71 bits per heavy atom. The number of nitrogens with one attached hydrogen (secondary N) is 2. The fourth-order valence-corrected chi connectivity index (χ4v) is 1.90. The molecule has 0 aromatic heterocycles. The summed E-state index contributed by atoms with van der Waals surface area (Å²) >= 11 is 0. The summed E-state index contributed by atoms with van der Waals surface area (Å²) in [6, 6.07) is 5.45. The Labute approximate surface area is 125 Å². The number of hydrogen-bond acceptors (Lipinski definition) is 5. The third-order valence-corrected chi connectivity index (χ3v) is 2.82. The molecule has 1 rings (SSSR count). The minimum atomic E-state index is -0.175. The van der Waals surface area contributed by atoms with E-state index in [1.165, 1.54) is 0 Å². The van der Waals surface area contributed by atoms with Crippen LogP contribution in [0.5, 0.6) is 11.5 Å². The quantitative estimate of drug-likeness (QED) is 0.710. The zero-order chi connectivity index (χ0) is 15.7. The lowest BCUT2D eigenvalue weighted by atomic mass is 10.2. The number of methoxy groups -OCH3 is 2. The molecule has 1 atom stereocenters. The Balaban J connectivity index is 2.59.